The molecule has 31 heavy (non-hydrogen) atoms. The maximum atomic E-state index is 12.1. The first-order chi connectivity index (χ1) is 15.0. The van der Waals surface area contributed by atoms with Crippen LogP contribution < -0.4 is 15.5 Å². The molecule has 3 aromatic rings. The Bertz CT molecular complexity index is 1080. The van der Waals surface area contributed by atoms with E-state index in [0.29, 0.717) is 18.0 Å². The number of rotatable bonds is 7. The van der Waals surface area contributed by atoms with Gasteiger partial charge in [0.1, 0.15) is 12.4 Å². The van der Waals surface area contributed by atoms with Crippen molar-refractivity contribution >= 4 is 23.7 Å². The number of carbonyl (C=O) groups is 2. The molecule has 0 fully saturated rings. The van der Waals surface area contributed by atoms with Gasteiger partial charge in [0.15, 0.2) is 0 Å². The summed E-state index contributed by atoms with van der Waals surface area (Å²) in [4.78, 5) is 24.1. The predicted molar refractivity (Wildman–Crippen MR) is 122 cm³/mol. The molecule has 0 heterocycles. The van der Waals surface area contributed by atoms with E-state index in [1.54, 1.807) is 18.2 Å². The third-order valence-corrected chi connectivity index (χ3v) is 4.62. The molecule has 0 atom stereocenters. The molecule has 3 rings (SSSR count). The van der Waals surface area contributed by atoms with Crippen molar-refractivity contribution in [3.63, 3.8) is 0 Å². The van der Waals surface area contributed by atoms with Gasteiger partial charge in [-0.1, -0.05) is 67.1 Å². The Morgan fingerprint density at radius 1 is 0.968 bits per heavy atom. The van der Waals surface area contributed by atoms with Crippen LogP contribution in [-0.4, -0.2) is 18.0 Å². The van der Waals surface area contributed by atoms with E-state index in [2.05, 4.69) is 15.8 Å². The first-order valence-electron chi connectivity index (χ1n) is 10.1. The number of hydrazone groups is 1. The second kappa shape index (κ2) is 10.7. The van der Waals surface area contributed by atoms with E-state index in [1.807, 2.05) is 68.4 Å². The number of hydrogen-bond acceptors (Lipinski definition) is 4. The fourth-order valence-electron chi connectivity index (χ4n) is 2.88. The van der Waals surface area contributed by atoms with E-state index < -0.39 is 11.8 Å². The van der Waals surface area contributed by atoms with E-state index >= 15 is 0 Å². The maximum Gasteiger partial charge on any atom is 0.329 e. The molecule has 3 aromatic carbocycles. The van der Waals surface area contributed by atoms with Gasteiger partial charge < -0.3 is 10.1 Å². The van der Waals surface area contributed by atoms with Gasteiger partial charge in [0, 0.05) is 5.69 Å². The number of hydrogen-bond donors (Lipinski definition) is 2. The second-order valence-corrected chi connectivity index (χ2v) is 7.01. The molecule has 158 valence electrons. The van der Waals surface area contributed by atoms with Gasteiger partial charge >= 0.3 is 11.8 Å². The number of carbonyl (C=O) groups excluding carboxylic acids is 2. The highest BCUT2D eigenvalue weighted by molar-refractivity contribution is 6.39. The summed E-state index contributed by atoms with van der Waals surface area (Å²) in [5.74, 6) is -0.924. The van der Waals surface area contributed by atoms with Gasteiger partial charge in [0.2, 0.25) is 0 Å². The fourth-order valence-corrected chi connectivity index (χ4v) is 2.88. The number of anilines is 1. The number of ether oxygens (including phenoxy) is 1. The van der Waals surface area contributed by atoms with Crippen LogP contribution in [-0.2, 0) is 22.6 Å². The third-order valence-electron chi connectivity index (χ3n) is 4.62. The summed E-state index contributed by atoms with van der Waals surface area (Å²) < 4.78 is 5.81. The van der Waals surface area contributed by atoms with Crippen molar-refractivity contribution in [3.8, 4) is 5.75 Å². The molecule has 0 aliphatic heterocycles. The number of nitrogens with one attached hydrogen (secondary N) is 2. The SMILES string of the molecule is CCc1ccccc1NC(=O)C(=O)N/N=C/c1cccc(OCc2ccc(C)cc2)c1. The van der Waals surface area contributed by atoms with Crippen molar-refractivity contribution < 1.29 is 14.3 Å². The standard InChI is InChI=1S/C25H25N3O3/c1-3-21-8-4-5-10-23(21)27-24(29)25(30)28-26-16-20-7-6-9-22(15-20)31-17-19-13-11-18(2)12-14-19/h4-16H,3,17H2,1-2H3,(H,27,29)(H,28,30)/b26-16+. The van der Waals surface area contributed by atoms with E-state index in [0.717, 1.165) is 23.1 Å². The molecule has 0 unspecified atom stereocenters. The molecule has 6 nitrogen and oxygen atoms in total. The van der Waals surface area contributed by atoms with Gasteiger partial charge in [-0.3, -0.25) is 9.59 Å². The average molecular weight is 415 g/mol. The van der Waals surface area contributed by atoms with Crippen LogP contribution in [0.3, 0.4) is 0 Å². The monoisotopic (exact) mass is 415 g/mol. The molecule has 0 saturated carbocycles. The van der Waals surface area contributed by atoms with E-state index in [9.17, 15) is 9.59 Å². The molecular formula is C25H25N3O3. The molecule has 0 bridgehead atoms. The summed E-state index contributed by atoms with van der Waals surface area (Å²) in [6.07, 6.45) is 2.21. The molecule has 0 spiro atoms. The van der Waals surface area contributed by atoms with Crippen LogP contribution >= 0.6 is 0 Å². The number of amides is 2. The number of benzene rings is 3. The highest BCUT2D eigenvalue weighted by Gasteiger charge is 2.14. The molecule has 6 heteroatoms. The van der Waals surface area contributed by atoms with Gasteiger partial charge in [0.05, 0.1) is 6.21 Å². The first-order valence-corrected chi connectivity index (χ1v) is 10.1. The minimum Gasteiger partial charge on any atom is -0.489 e. The number of aryl methyl sites for hydroxylation is 2. The van der Waals surface area contributed by atoms with Crippen molar-refractivity contribution in [2.24, 2.45) is 5.10 Å². The fraction of sp³-hybridized carbons (Fsp3) is 0.160. The summed E-state index contributed by atoms with van der Waals surface area (Å²) in [6.45, 7) is 4.48. The zero-order chi connectivity index (χ0) is 22.1. The summed E-state index contributed by atoms with van der Waals surface area (Å²) in [6, 6.07) is 22.8. The van der Waals surface area contributed by atoms with Gasteiger partial charge in [0.25, 0.3) is 0 Å². The van der Waals surface area contributed by atoms with Gasteiger partial charge in [-0.05, 0) is 48.2 Å². The number of para-hydroxylation sites is 1. The molecule has 0 aliphatic rings. The minimum absolute atomic E-state index is 0.455. The summed E-state index contributed by atoms with van der Waals surface area (Å²) >= 11 is 0. The minimum atomic E-state index is -0.839. The van der Waals surface area contributed by atoms with Crippen LogP contribution in [0, 0.1) is 6.92 Å². The van der Waals surface area contributed by atoms with Gasteiger partial charge in [-0.25, -0.2) is 5.43 Å². The molecule has 2 N–H and O–H groups in total. The topological polar surface area (TPSA) is 79.8 Å². The highest BCUT2D eigenvalue weighted by Crippen LogP contribution is 2.16. The Balaban J connectivity index is 1.53. The van der Waals surface area contributed by atoms with Crippen LogP contribution in [0.15, 0.2) is 77.9 Å². The van der Waals surface area contributed by atoms with Gasteiger partial charge in [-0.15, -0.1) is 0 Å². The molecule has 0 aromatic heterocycles. The summed E-state index contributed by atoms with van der Waals surface area (Å²) in [5.41, 5.74) is 6.83. The smallest absolute Gasteiger partial charge is 0.329 e. The average Bonchev–Trinajstić information content (AvgIpc) is 2.79. The van der Waals surface area contributed by atoms with Crippen molar-refractivity contribution in [2.45, 2.75) is 26.9 Å². The van der Waals surface area contributed by atoms with Crippen LogP contribution in [0.25, 0.3) is 0 Å². The normalized spacial score (nSPS) is 10.6. The maximum absolute atomic E-state index is 12.1. The molecule has 0 radical (unpaired) electrons. The molecular weight excluding hydrogens is 390 g/mol. The Labute approximate surface area is 182 Å². The van der Waals surface area contributed by atoms with Crippen LogP contribution in [0.5, 0.6) is 5.75 Å². The molecule has 2 amide bonds. The van der Waals surface area contributed by atoms with Crippen molar-refractivity contribution in [1.82, 2.24) is 5.43 Å². The van der Waals surface area contributed by atoms with Crippen molar-refractivity contribution in [1.29, 1.82) is 0 Å². The Morgan fingerprint density at radius 2 is 1.74 bits per heavy atom. The second-order valence-electron chi connectivity index (χ2n) is 7.01. The lowest BCUT2D eigenvalue weighted by Crippen LogP contribution is -2.32. The first kappa shape index (κ1) is 21.8. The van der Waals surface area contributed by atoms with E-state index in [1.165, 1.54) is 11.8 Å². The quantitative estimate of drug-likeness (QED) is 0.344. The predicted octanol–water partition coefficient (Wildman–Crippen LogP) is 4.23. The van der Waals surface area contributed by atoms with Gasteiger partial charge in [-0.2, -0.15) is 5.10 Å². The number of nitrogens with zero attached hydrogens (tertiary/aromatic N) is 1. The highest BCUT2D eigenvalue weighted by atomic mass is 16.5. The van der Waals surface area contributed by atoms with Crippen molar-refractivity contribution in [2.75, 3.05) is 5.32 Å². The van der Waals surface area contributed by atoms with Crippen molar-refractivity contribution in [3.05, 3.63) is 95.1 Å². The zero-order valence-electron chi connectivity index (χ0n) is 17.6. The largest absolute Gasteiger partial charge is 0.489 e. The van der Waals surface area contributed by atoms with Crippen LogP contribution in [0.2, 0.25) is 0 Å². The van der Waals surface area contributed by atoms with Crippen LogP contribution in [0.4, 0.5) is 5.69 Å². The zero-order valence-corrected chi connectivity index (χ0v) is 17.6. The summed E-state index contributed by atoms with van der Waals surface area (Å²) in [5, 5.41) is 6.48. The third kappa shape index (κ3) is 6.54. The van der Waals surface area contributed by atoms with Crippen LogP contribution in [0.1, 0.15) is 29.2 Å². The lowest BCUT2D eigenvalue weighted by molar-refractivity contribution is -0.136. The summed E-state index contributed by atoms with van der Waals surface area (Å²) in [7, 11) is 0. The lowest BCUT2D eigenvalue weighted by Gasteiger charge is -2.08. The Hall–Kier alpha value is -3.93. The molecule has 0 aliphatic carbocycles. The lowest BCUT2D eigenvalue weighted by atomic mass is 10.1. The Kier molecular flexibility index (Phi) is 7.54. The van der Waals surface area contributed by atoms with E-state index in [-0.39, 0.29) is 0 Å². The van der Waals surface area contributed by atoms with E-state index in [4.69, 9.17) is 4.74 Å². The molecule has 0 saturated heterocycles. The Morgan fingerprint density at radius 3 is 2.52 bits per heavy atom.